The summed E-state index contributed by atoms with van der Waals surface area (Å²) in [5, 5.41) is 0. The van der Waals surface area contributed by atoms with Gasteiger partial charge >= 0.3 is 0 Å². The molecule has 0 aliphatic carbocycles. The number of hydrogen-bond donors (Lipinski definition) is 0. The van der Waals surface area contributed by atoms with Crippen LogP contribution in [0.25, 0.3) is 0 Å². The number of hydrogen-bond acceptors (Lipinski definition) is 0. The van der Waals surface area contributed by atoms with E-state index in [2.05, 4.69) is 52.0 Å². The Morgan fingerprint density at radius 3 is 2.00 bits per heavy atom. The molecule has 0 atom stereocenters. The van der Waals surface area contributed by atoms with Gasteiger partial charge in [0.1, 0.15) is 0 Å². The van der Waals surface area contributed by atoms with Gasteiger partial charge in [-0.05, 0) is 24.7 Å². The van der Waals surface area contributed by atoms with Crippen LogP contribution in [0.1, 0.15) is 59.8 Å². The van der Waals surface area contributed by atoms with Crippen LogP contribution in [0.5, 0.6) is 0 Å². The van der Waals surface area contributed by atoms with E-state index >= 15 is 0 Å². The van der Waals surface area contributed by atoms with Gasteiger partial charge in [-0.25, -0.2) is 0 Å². The van der Waals surface area contributed by atoms with Gasteiger partial charge in [-0.2, -0.15) is 0 Å². The number of unbranched alkanes of at least 4 members (excludes halogenated alkanes) is 2. The van der Waals surface area contributed by atoms with E-state index in [9.17, 15) is 0 Å². The predicted octanol–water partition coefficient (Wildman–Crippen LogP) is 5.12. The summed E-state index contributed by atoms with van der Waals surface area (Å²) in [6.07, 6.45) is 15.2. The second kappa shape index (κ2) is 7.84. The third-order valence-corrected chi connectivity index (χ3v) is 2.17. The van der Waals surface area contributed by atoms with Crippen LogP contribution in [0.3, 0.4) is 0 Å². The van der Waals surface area contributed by atoms with Crippen LogP contribution in [-0.2, 0) is 0 Å². The van der Waals surface area contributed by atoms with Crippen molar-refractivity contribution in [3.8, 4) is 0 Å². The Bertz CT molecular complexity index is 167. The quantitative estimate of drug-likeness (QED) is 0.407. The van der Waals surface area contributed by atoms with Gasteiger partial charge in [0.15, 0.2) is 0 Å². The van der Waals surface area contributed by atoms with Crippen LogP contribution < -0.4 is 0 Å². The highest BCUT2D eigenvalue weighted by Gasteiger charge is 2.06. The third kappa shape index (κ3) is 11.5. The molecule has 0 saturated heterocycles. The zero-order valence-electron chi connectivity index (χ0n) is 10.3. The highest BCUT2D eigenvalue weighted by Crippen LogP contribution is 2.20. The predicted molar refractivity (Wildman–Crippen MR) is 66.5 cm³/mol. The summed E-state index contributed by atoms with van der Waals surface area (Å²) in [5.41, 5.74) is 0.469. The third-order valence-electron chi connectivity index (χ3n) is 2.17. The molecule has 0 heterocycles. The molecule has 0 heteroatoms. The van der Waals surface area contributed by atoms with Crippen molar-refractivity contribution >= 4 is 0 Å². The van der Waals surface area contributed by atoms with Gasteiger partial charge in [0, 0.05) is 0 Å². The summed E-state index contributed by atoms with van der Waals surface area (Å²) in [6.45, 7) is 9.10. The summed E-state index contributed by atoms with van der Waals surface area (Å²) in [4.78, 5) is 0. The molecule has 0 saturated carbocycles. The largest absolute Gasteiger partial charge is 0.0845 e. The van der Waals surface area contributed by atoms with Crippen LogP contribution >= 0.6 is 0 Å². The first-order valence-corrected chi connectivity index (χ1v) is 5.88. The van der Waals surface area contributed by atoms with E-state index in [0.29, 0.717) is 5.41 Å². The van der Waals surface area contributed by atoms with Crippen LogP contribution in [0.2, 0.25) is 0 Å². The summed E-state index contributed by atoms with van der Waals surface area (Å²) in [7, 11) is 0. The molecule has 82 valence electrons. The Labute approximate surface area is 90.1 Å². The summed E-state index contributed by atoms with van der Waals surface area (Å²) in [5.74, 6) is 0. The fraction of sp³-hybridized carbons (Fsp3) is 0.714. The molecule has 14 heavy (non-hydrogen) atoms. The van der Waals surface area contributed by atoms with Gasteiger partial charge in [-0.3, -0.25) is 0 Å². The molecule has 0 aromatic carbocycles. The highest BCUT2D eigenvalue weighted by molar-refractivity contribution is 5.02. The maximum Gasteiger partial charge on any atom is -0.0343 e. The van der Waals surface area contributed by atoms with E-state index in [1.54, 1.807) is 0 Å². The van der Waals surface area contributed by atoms with E-state index < -0.39 is 0 Å². The molecule has 0 rings (SSSR count). The van der Waals surface area contributed by atoms with Gasteiger partial charge in [0.25, 0.3) is 0 Å². The van der Waals surface area contributed by atoms with E-state index in [-0.39, 0.29) is 0 Å². The summed E-state index contributed by atoms with van der Waals surface area (Å²) < 4.78 is 0. The van der Waals surface area contributed by atoms with Gasteiger partial charge in [-0.15, -0.1) is 0 Å². The molecule has 0 amide bonds. The SMILES string of the molecule is CCCC/C=C/C=C/CCC(C)(C)C. The molecule has 0 bridgehead atoms. The molecule has 0 spiro atoms. The van der Waals surface area contributed by atoms with Gasteiger partial charge < -0.3 is 0 Å². The average molecular weight is 194 g/mol. The average Bonchev–Trinajstić information content (AvgIpc) is 2.08. The second-order valence-corrected chi connectivity index (χ2v) is 5.10. The van der Waals surface area contributed by atoms with Crippen molar-refractivity contribution < 1.29 is 0 Å². The van der Waals surface area contributed by atoms with Crippen LogP contribution in [0.15, 0.2) is 24.3 Å². The van der Waals surface area contributed by atoms with E-state index in [0.717, 1.165) is 0 Å². The van der Waals surface area contributed by atoms with Gasteiger partial charge in [0.2, 0.25) is 0 Å². The zero-order chi connectivity index (χ0) is 10.9. The Balaban J connectivity index is 3.40. The Morgan fingerprint density at radius 2 is 1.50 bits per heavy atom. The minimum atomic E-state index is 0.469. The van der Waals surface area contributed by atoms with Gasteiger partial charge in [0.05, 0.1) is 0 Å². The topological polar surface area (TPSA) is 0 Å². The lowest BCUT2D eigenvalue weighted by Gasteiger charge is -2.15. The first-order chi connectivity index (χ1) is 6.56. The normalized spacial score (nSPS) is 13.1. The van der Waals surface area contributed by atoms with Crippen molar-refractivity contribution in [1.29, 1.82) is 0 Å². The first kappa shape index (κ1) is 13.5. The molecule has 0 unspecified atom stereocenters. The Hall–Kier alpha value is -0.520. The van der Waals surface area contributed by atoms with E-state index in [4.69, 9.17) is 0 Å². The molecule has 0 fully saturated rings. The fourth-order valence-corrected chi connectivity index (χ4v) is 1.19. The lowest BCUT2D eigenvalue weighted by atomic mass is 9.90. The van der Waals surface area contributed by atoms with Crippen LogP contribution in [-0.4, -0.2) is 0 Å². The Morgan fingerprint density at radius 1 is 0.929 bits per heavy atom. The lowest BCUT2D eigenvalue weighted by molar-refractivity contribution is 0.381. The van der Waals surface area contributed by atoms with Crippen molar-refractivity contribution in [1.82, 2.24) is 0 Å². The minimum absolute atomic E-state index is 0.469. The number of allylic oxidation sites excluding steroid dienone is 4. The van der Waals surface area contributed by atoms with Crippen molar-refractivity contribution in [3.05, 3.63) is 24.3 Å². The molecule has 0 N–H and O–H groups in total. The molecule has 0 aromatic heterocycles. The van der Waals surface area contributed by atoms with Crippen molar-refractivity contribution in [2.45, 2.75) is 59.8 Å². The summed E-state index contributed by atoms with van der Waals surface area (Å²) in [6, 6.07) is 0. The van der Waals surface area contributed by atoms with E-state index in [1.807, 2.05) is 0 Å². The zero-order valence-corrected chi connectivity index (χ0v) is 10.3. The molecule has 0 aromatic rings. The van der Waals surface area contributed by atoms with Crippen molar-refractivity contribution in [2.75, 3.05) is 0 Å². The maximum atomic E-state index is 2.29. The standard InChI is InChI=1S/C14H26/c1-5-6-7-8-9-10-11-12-13-14(2,3)4/h8-11H,5-7,12-13H2,1-4H3/b9-8+,11-10+. The van der Waals surface area contributed by atoms with Crippen molar-refractivity contribution in [2.24, 2.45) is 5.41 Å². The van der Waals surface area contributed by atoms with Gasteiger partial charge in [-0.1, -0.05) is 64.8 Å². The highest BCUT2D eigenvalue weighted by atomic mass is 14.1. The fourth-order valence-electron chi connectivity index (χ4n) is 1.19. The minimum Gasteiger partial charge on any atom is -0.0845 e. The summed E-state index contributed by atoms with van der Waals surface area (Å²) >= 11 is 0. The molecular weight excluding hydrogens is 168 g/mol. The Kier molecular flexibility index (Phi) is 7.55. The van der Waals surface area contributed by atoms with Crippen LogP contribution in [0, 0.1) is 5.41 Å². The molecule has 0 aliphatic rings. The van der Waals surface area contributed by atoms with Crippen LogP contribution in [0.4, 0.5) is 0 Å². The second-order valence-electron chi connectivity index (χ2n) is 5.10. The molecule has 0 radical (unpaired) electrons. The molecule has 0 aliphatic heterocycles. The van der Waals surface area contributed by atoms with E-state index in [1.165, 1.54) is 32.1 Å². The number of rotatable bonds is 6. The molecule has 0 nitrogen and oxygen atoms in total. The first-order valence-electron chi connectivity index (χ1n) is 5.88. The molecular formula is C14H26. The lowest BCUT2D eigenvalue weighted by Crippen LogP contribution is -2.02. The smallest absolute Gasteiger partial charge is 0.0343 e. The maximum absolute atomic E-state index is 2.29. The monoisotopic (exact) mass is 194 g/mol. The van der Waals surface area contributed by atoms with Crippen molar-refractivity contribution in [3.63, 3.8) is 0 Å².